The molecule has 0 radical (unpaired) electrons. The number of nitrogens with one attached hydrogen (secondary N) is 2. The summed E-state index contributed by atoms with van der Waals surface area (Å²) in [5.41, 5.74) is 1.88. The Morgan fingerprint density at radius 2 is 2.00 bits per heavy atom. The van der Waals surface area contributed by atoms with Gasteiger partial charge in [-0.25, -0.2) is 9.37 Å². The first-order valence-corrected chi connectivity index (χ1v) is 9.85. The number of anilines is 1. The molecule has 1 atom stereocenters. The maximum absolute atomic E-state index is 13.1. The molecule has 0 aliphatic carbocycles. The molecule has 1 aliphatic heterocycles. The first kappa shape index (κ1) is 19.8. The molecular formula is C22H22FN5O2. The number of halogens is 1. The van der Waals surface area contributed by atoms with Crippen molar-refractivity contribution in [2.75, 3.05) is 18.4 Å². The zero-order chi connectivity index (χ0) is 21.1. The fraction of sp³-hybridized carbons (Fsp3) is 0.273. The van der Waals surface area contributed by atoms with Gasteiger partial charge in [0.25, 0.3) is 5.91 Å². The molecule has 2 N–H and O–H groups in total. The van der Waals surface area contributed by atoms with Crippen LogP contribution < -0.4 is 5.32 Å². The molecule has 1 saturated heterocycles. The number of hydrogen-bond acceptors (Lipinski definition) is 4. The highest BCUT2D eigenvalue weighted by molar-refractivity contribution is 5.96. The predicted octanol–water partition coefficient (Wildman–Crippen LogP) is 3.41. The SMILES string of the molecule is Cc1nc(-c2cccc(NC(=O)C3CCCN(C(=O)c4ccc(F)cc4)C3)c2)n[nH]1. The number of carbonyl (C=O) groups excluding carboxylic acids is 2. The lowest BCUT2D eigenvalue weighted by molar-refractivity contribution is -0.121. The highest BCUT2D eigenvalue weighted by atomic mass is 19.1. The maximum atomic E-state index is 13.1. The molecule has 0 saturated carbocycles. The van der Waals surface area contributed by atoms with Crippen LogP contribution in [-0.4, -0.2) is 45.0 Å². The van der Waals surface area contributed by atoms with Gasteiger partial charge in [-0.15, -0.1) is 0 Å². The third kappa shape index (κ3) is 4.37. The van der Waals surface area contributed by atoms with Gasteiger partial charge in [-0.05, 0) is 56.2 Å². The number of nitrogens with zero attached hydrogens (tertiary/aromatic N) is 3. The number of H-pyrrole nitrogens is 1. The summed E-state index contributed by atoms with van der Waals surface area (Å²) in [4.78, 5) is 31.5. The number of aryl methyl sites for hydroxylation is 1. The molecule has 2 amide bonds. The summed E-state index contributed by atoms with van der Waals surface area (Å²) < 4.78 is 13.1. The van der Waals surface area contributed by atoms with E-state index < -0.39 is 0 Å². The monoisotopic (exact) mass is 407 g/mol. The van der Waals surface area contributed by atoms with Crippen LogP contribution in [-0.2, 0) is 4.79 Å². The van der Waals surface area contributed by atoms with E-state index in [1.165, 1.54) is 24.3 Å². The molecule has 0 spiro atoms. The normalized spacial score (nSPS) is 16.3. The maximum Gasteiger partial charge on any atom is 0.253 e. The molecule has 1 fully saturated rings. The average molecular weight is 407 g/mol. The van der Waals surface area contributed by atoms with E-state index in [0.717, 1.165) is 12.0 Å². The van der Waals surface area contributed by atoms with E-state index in [-0.39, 0.29) is 23.5 Å². The van der Waals surface area contributed by atoms with Crippen LogP contribution in [0, 0.1) is 18.7 Å². The standard InChI is InChI=1S/C22H22FN5O2/c1-14-24-20(27-26-14)16-4-2-6-19(12-16)25-21(29)17-5-3-11-28(13-17)22(30)15-7-9-18(23)10-8-15/h2,4,6-10,12,17H,3,5,11,13H2,1H3,(H,25,29)(H,24,26,27). The smallest absolute Gasteiger partial charge is 0.253 e. The molecule has 30 heavy (non-hydrogen) atoms. The molecule has 7 nitrogen and oxygen atoms in total. The summed E-state index contributed by atoms with van der Waals surface area (Å²) in [5, 5.41) is 9.89. The van der Waals surface area contributed by atoms with E-state index in [2.05, 4.69) is 20.5 Å². The molecule has 1 aliphatic rings. The molecule has 3 aromatic rings. The third-order valence-electron chi connectivity index (χ3n) is 5.16. The summed E-state index contributed by atoms with van der Waals surface area (Å²) in [5.74, 6) is 0.275. The van der Waals surface area contributed by atoms with Crippen molar-refractivity contribution in [3.05, 3.63) is 65.7 Å². The molecule has 2 aromatic carbocycles. The van der Waals surface area contributed by atoms with Crippen molar-refractivity contribution in [1.82, 2.24) is 20.1 Å². The van der Waals surface area contributed by atoms with Crippen molar-refractivity contribution in [3.8, 4) is 11.4 Å². The van der Waals surface area contributed by atoms with Crippen LogP contribution in [0.5, 0.6) is 0 Å². The minimum absolute atomic E-state index is 0.130. The second kappa shape index (κ2) is 8.44. The van der Waals surface area contributed by atoms with E-state index >= 15 is 0 Å². The van der Waals surface area contributed by atoms with Gasteiger partial charge in [0.1, 0.15) is 11.6 Å². The van der Waals surface area contributed by atoms with E-state index in [9.17, 15) is 14.0 Å². The van der Waals surface area contributed by atoms with Gasteiger partial charge in [-0.3, -0.25) is 14.7 Å². The van der Waals surface area contributed by atoms with Gasteiger partial charge in [0.2, 0.25) is 5.91 Å². The van der Waals surface area contributed by atoms with E-state index in [1.807, 2.05) is 31.2 Å². The van der Waals surface area contributed by atoms with E-state index in [0.29, 0.717) is 42.4 Å². The van der Waals surface area contributed by atoms with Gasteiger partial charge >= 0.3 is 0 Å². The van der Waals surface area contributed by atoms with Gasteiger partial charge in [-0.2, -0.15) is 5.10 Å². The fourth-order valence-corrected chi connectivity index (χ4v) is 3.60. The topological polar surface area (TPSA) is 91.0 Å². The molecule has 0 bridgehead atoms. The van der Waals surface area contributed by atoms with Crippen molar-refractivity contribution in [1.29, 1.82) is 0 Å². The number of aromatic nitrogens is 3. The minimum atomic E-state index is -0.384. The lowest BCUT2D eigenvalue weighted by Gasteiger charge is -2.32. The zero-order valence-corrected chi connectivity index (χ0v) is 16.6. The summed E-state index contributed by atoms with van der Waals surface area (Å²) in [6.07, 6.45) is 1.44. The third-order valence-corrected chi connectivity index (χ3v) is 5.16. The van der Waals surface area contributed by atoms with Crippen molar-refractivity contribution < 1.29 is 14.0 Å². The Morgan fingerprint density at radius 1 is 1.20 bits per heavy atom. The highest BCUT2D eigenvalue weighted by Crippen LogP contribution is 2.23. The Balaban J connectivity index is 1.42. The summed E-state index contributed by atoms with van der Waals surface area (Å²) in [7, 11) is 0. The van der Waals surface area contributed by atoms with Crippen molar-refractivity contribution >= 4 is 17.5 Å². The van der Waals surface area contributed by atoms with Gasteiger partial charge in [0.05, 0.1) is 5.92 Å². The number of benzene rings is 2. The van der Waals surface area contributed by atoms with Crippen LogP contribution in [0.4, 0.5) is 10.1 Å². The lowest BCUT2D eigenvalue weighted by Crippen LogP contribution is -2.43. The molecular weight excluding hydrogens is 385 g/mol. The van der Waals surface area contributed by atoms with Gasteiger partial charge in [0, 0.05) is 29.9 Å². The van der Waals surface area contributed by atoms with Crippen molar-refractivity contribution in [2.45, 2.75) is 19.8 Å². The number of piperidine rings is 1. The molecule has 8 heteroatoms. The van der Waals surface area contributed by atoms with E-state index in [4.69, 9.17) is 0 Å². The first-order valence-electron chi connectivity index (χ1n) is 9.85. The van der Waals surface area contributed by atoms with Crippen LogP contribution in [0.3, 0.4) is 0 Å². The number of carbonyl (C=O) groups is 2. The van der Waals surface area contributed by atoms with Crippen LogP contribution in [0.2, 0.25) is 0 Å². The minimum Gasteiger partial charge on any atom is -0.338 e. The first-order chi connectivity index (χ1) is 14.5. The Bertz CT molecular complexity index is 1060. The van der Waals surface area contributed by atoms with Gasteiger partial charge < -0.3 is 10.2 Å². The summed E-state index contributed by atoms with van der Waals surface area (Å²) in [6.45, 7) is 2.74. The molecule has 4 rings (SSSR count). The average Bonchev–Trinajstić information content (AvgIpc) is 3.20. The summed E-state index contributed by atoms with van der Waals surface area (Å²) in [6, 6.07) is 12.8. The Labute approximate surface area is 173 Å². The lowest BCUT2D eigenvalue weighted by atomic mass is 9.96. The second-order valence-electron chi connectivity index (χ2n) is 7.41. The molecule has 154 valence electrons. The number of hydrogen-bond donors (Lipinski definition) is 2. The van der Waals surface area contributed by atoms with E-state index in [1.54, 1.807) is 4.90 Å². The van der Waals surface area contributed by atoms with Crippen LogP contribution in [0.15, 0.2) is 48.5 Å². The number of rotatable bonds is 4. The van der Waals surface area contributed by atoms with Crippen LogP contribution in [0.1, 0.15) is 29.0 Å². The summed E-state index contributed by atoms with van der Waals surface area (Å²) >= 11 is 0. The Morgan fingerprint density at radius 3 is 2.73 bits per heavy atom. The van der Waals surface area contributed by atoms with Crippen LogP contribution in [0.25, 0.3) is 11.4 Å². The number of aromatic amines is 1. The fourth-order valence-electron chi connectivity index (χ4n) is 3.60. The Hall–Kier alpha value is -3.55. The van der Waals surface area contributed by atoms with Crippen molar-refractivity contribution in [2.24, 2.45) is 5.92 Å². The quantitative estimate of drug-likeness (QED) is 0.693. The zero-order valence-electron chi connectivity index (χ0n) is 16.6. The molecule has 2 heterocycles. The molecule has 1 unspecified atom stereocenters. The Kier molecular flexibility index (Phi) is 5.56. The predicted molar refractivity (Wildman–Crippen MR) is 110 cm³/mol. The van der Waals surface area contributed by atoms with Crippen molar-refractivity contribution in [3.63, 3.8) is 0 Å². The van der Waals surface area contributed by atoms with Gasteiger partial charge in [0.15, 0.2) is 5.82 Å². The molecule has 1 aromatic heterocycles. The second-order valence-corrected chi connectivity index (χ2v) is 7.41. The van der Waals surface area contributed by atoms with Gasteiger partial charge in [-0.1, -0.05) is 12.1 Å². The number of amides is 2. The largest absolute Gasteiger partial charge is 0.338 e. The van der Waals surface area contributed by atoms with Crippen LogP contribution >= 0.6 is 0 Å². The highest BCUT2D eigenvalue weighted by Gasteiger charge is 2.29. The number of likely N-dealkylation sites (tertiary alicyclic amines) is 1.